The molecule has 0 fully saturated rings. The lowest BCUT2D eigenvalue weighted by molar-refractivity contribution is -0.111. The monoisotopic (exact) mass is 531 g/mol. The van der Waals surface area contributed by atoms with Crippen LogP contribution in [0.2, 0.25) is 5.02 Å². The highest BCUT2D eigenvalue weighted by Crippen LogP contribution is 2.43. The number of carbonyl (C=O) groups is 1. The van der Waals surface area contributed by atoms with Gasteiger partial charge in [-0.15, -0.1) is 5.10 Å². The van der Waals surface area contributed by atoms with Crippen molar-refractivity contribution in [3.8, 4) is 5.75 Å². The Morgan fingerprint density at radius 3 is 2.32 bits per heavy atom. The first-order valence-corrected chi connectivity index (χ1v) is 12.4. The van der Waals surface area contributed by atoms with E-state index in [-0.39, 0.29) is 24.0 Å². The van der Waals surface area contributed by atoms with Gasteiger partial charge in [-0.2, -0.15) is 0 Å². The van der Waals surface area contributed by atoms with Crippen LogP contribution < -0.4 is 14.6 Å². The first-order chi connectivity index (χ1) is 18.3. The first kappa shape index (κ1) is 25.4. The number of ketones is 1. The van der Waals surface area contributed by atoms with Crippen molar-refractivity contribution in [3.63, 3.8) is 0 Å². The maximum absolute atomic E-state index is 14.3. The minimum Gasteiger partial charge on any atom is -0.488 e. The normalized spacial score (nSPS) is 15.0. The topological polar surface area (TPSA) is 45.1 Å². The summed E-state index contributed by atoms with van der Waals surface area (Å²) in [6, 6.07) is 25.0. The molecule has 1 heterocycles. The molecule has 1 aliphatic rings. The minimum absolute atomic E-state index is 0.0183. The van der Waals surface area contributed by atoms with Crippen LogP contribution in [-0.4, -0.2) is 11.6 Å². The van der Waals surface area contributed by atoms with Crippen molar-refractivity contribution in [2.75, 3.05) is 9.91 Å². The quantitative estimate of drug-likeness (QED) is 0.249. The van der Waals surface area contributed by atoms with Crippen molar-refractivity contribution < 1.29 is 18.3 Å². The number of ether oxygens (including phenoxy) is 1. The third kappa shape index (κ3) is 5.10. The summed E-state index contributed by atoms with van der Waals surface area (Å²) in [6.07, 6.45) is -0.712. The fourth-order valence-electron chi connectivity index (χ4n) is 4.33. The Morgan fingerprint density at radius 1 is 0.947 bits per heavy atom. The van der Waals surface area contributed by atoms with Crippen molar-refractivity contribution >= 4 is 34.6 Å². The van der Waals surface area contributed by atoms with Gasteiger partial charge in [-0.1, -0.05) is 47.5 Å². The molecular weight excluding hydrogens is 508 g/mol. The molecule has 4 aromatic carbocycles. The van der Waals surface area contributed by atoms with E-state index in [0.29, 0.717) is 27.6 Å². The molecule has 0 spiro atoms. The van der Waals surface area contributed by atoms with E-state index in [1.54, 1.807) is 58.4 Å². The summed E-state index contributed by atoms with van der Waals surface area (Å²) in [5, 5.41) is 6.85. The lowest BCUT2D eigenvalue weighted by Crippen LogP contribution is -2.38. The Balaban J connectivity index is 1.65. The molecule has 0 radical (unpaired) electrons. The highest BCUT2D eigenvalue weighted by molar-refractivity contribution is 6.44. The molecule has 192 valence electrons. The molecule has 4 aromatic rings. The van der Waals surface area contributed by atoms with Crippen LogP contribution in [0.4, 0.5) is 20.2 Å². The molecule has 0 aliphatic carbocycles. The average molecular weight is 532 g/mol. The number of nitrogens with zero attached hydrogens (tertiary/aromatic N) is 3. The summed E-state index contributed by atoms with van der Waals surface area (Å²) in [5.41, 5.74) is 3.33. The molecule has 0 aromatic heterocycles. The number of amidine groups is 1. The number of rotatable bonds is 7. The maximum Gasteiger partial charge on any atom is 0.198 e. The van der Waals surface area contributed by atoms with Crippen molar-refractivity contribution in [2.45, 2.75) is 26.6 Å². The molecule has 0 saturated carbocycles. The van der Waals surface area contributed by atoms with Crippen LogP contribution in [0.5, 0.6) is 5.75 Å². The number of aryl methyl sites for hydroxylation is 1. The van der Waals surface area contributed by atoms with Gasteiger partial charge in [0.1, 0.15) is 24.0 Å². The van der Waals surface area contributed by atoms with E-state index in [1.807, 2.05) is 31.2 Å². The van der Waals surface area contributed by atoms with Crippen LogP contribution in [0.3, 0.4) is 0 Å². The number of hydrogen-bond acceptors (Lipinski definition) is 5. The number of Topliss-reactive ketones (excluding diaryl/α,β-unsaturated/α-hetero) is 1. The van der Waals surface area contributed by atoms with Crippen molar-refractivity contribution in [3.05, 3.63) is 124 Å². The number of halogens is 3. The summed E-state index contributed by atoms with van der Waals surface area (Å²) in [5.74, 6) is -0.447. The van der Waals surface area contributed by atoms with Gasteiger partial charge >= 0.3 is 0 Å². The number of carbonyl (C=O) groups excluding carboxylic acids is 1. The molecule has 0 N–H and O–H groups in total. The average Bonchev–Trinajstić information content (AvgIpc) is 3.30. The predicted molar refractivity (Wildman–Crippen MR) is 146 cm³/mol. The van der Waals surface area contributed by atoms with Crippen LogP contribution in [-0.2, 0) is 11.4 Å². The van der Waals surface area contributed by atoms with Gasteiger partial charge in [-0.25, -0.2) is 13.8 Å². The predicted octanol–water partition coefficient (Wildman–Crippen LogP) is 7.43. The summed E-state index contributed by atoms with van der Waals surface area (Å²) >= 11 is 6.46. The van der Waals surface area contributed by atoms with Crippen molar-refractivity contribution in [2.24, 2.45) is 5.10 Å². The van der Waals surface area contributed by atoms with Crippen LogP contribution in [0.25, 0.3) is 0 Å². The van der Waals surface area contributed by atoms with Crippen LogP contribution in [0.1, 0.15) is 29.8 Å². The van der Waals surface area contributed by atoms with Crippen molar-refractivity contribution in [1.29, 1.82) is 0 Å². The Labute approximate surface area is 224 Å². The zero-order valence-corrected chi connectivity index (χ0v) is 21.5. The number of hydrazone groups is 1. The van der Waals surface area contributed by atoms with E-state index in [9.17, 15) is 13.6 Å². The van der Waals surface area contributed by atoms with E-state index in [0.717, 1.165) is 11.3 Å². The molecular formula is C30H24ClF2N3O2. The summed E-state index contributed by atoms with van der Waals surface area (Å²) in [4.78, 5) is 14.6. The second-order valence-electron chi connectivity index (χ2n) is 8.94. The molecule has 0 saturated heterocycles. The fraction of sp³-hybridized carbons (Fsp3) is 0.133. The van der Waals surface area contributed by atoms with Gasteiger partial charge in [0.15, 0.2) is 17.8 Å². The number of benzene rings is 4. The van der Waals surface area contributed by atoms with E-state index in [1.165, 1.54) is 25.1 Å². The molecule has 1 atom stereocenters. The number of anilines is 2. The Bertz CT molecular complexity index is 1510. The van der Waals surface area contributed by atoms with Gasteiger partial charge < -0.3 is 4.74 Å². The van der Waals surface area contributed by atoms with E-state index in [2.05, 4.69) is 0 Å². The largest absolute Gasteiger partial charge is 0.488 e. The SMILES string of the molecule is CC(=O)C1=NN(c2ccc(C)cc2)[C@H](c2cc(Cl)ccc2OCc2ccccc2F)N1c1ccc(F)cc1. The second-order valence-corrected chi connectivity index (χ2v) is 9.38. The van der Waals surface area contributed by atoms with Gasteiger partial charge in [0.05, 0.1) is 5.69 Å². The Hall–Kier alpha value is -4.23. The summed E-state index contributed by atoms with van der Waals surface area (Å²) in [7, 11) is 0. The van der Waals surface area contributed by atoms with Gasteiger partial charge in [0, 0.05) is 28.8 Å². The van der Waals surface area contributed by atoms with Gasteiger partial charge in [0.2, 0.25) is 0 Å². The lowest BCUT2D eigenvalue weighted by atomic mass is 10.1. The maximum atomic E-state index is 14.3. The third-order valence-electron chi connectivity index (χ3n) is 6.22. The molecule has 38 heavy (non-hydrogen) atoms. The molecule has 1 aliphatic heterocycles. The standard InChI is InChI=1S/C30H24ClF2N3O2/c1-19-7-12-25(13-8-19)36-30(35(29(34-36)20(2)37)24-14-10-23(32)11-15-24)26-17-22(31)9-16-28(26)38-18-21-5-3-4-6-27(21)33/h3-17,30H,18H2,1-2H3/t30-/m1/s1. The lowest BCUT2D eigenvalue weighted by Gasteiger charge is -2.33. The van der Waals surface area contributed by atoms with Crippen LogP contribution >= 0.6 is 11.6 Å². The third-order valence-corrected chi connectivity index (χ3v) is 6.45. The van der Waals surface area contributed by atoms with Crippen molar-refractivity contribution in [1.82, 2.24) is 0 Å². The molecule has 0 amide bonds. The minimum atomic E-state index is -0.712. The van der Waals surface area contributed by atoms with Crippen LogP contribution in [0.15, 0.2) is 96.1 Å². The fourth-order valence-corrected chi connectivity index (χ4v) is 4.51. The Kier molecular flexibility index (Phi) is 7.11. The molecule has 5 rings (SSSR count). The molecule has 0 unspecified atom stereocenters. The van der Waals surface area contributed by atoms with E-state index in [4.69, 9.17) is 21.4 Å². The van der Waals surface area contributed by atoms with Gasteiger partial charge in [-0.05, 0) is 67.6 Å². The second kappa shape index (κ2) is 10.6. The summed E-state index contributed by atoms with van der Waals surface area (Å²) in [6.45, 7) is 3.39. The first-order valence-electron chi connectivity index (χ1n) is 12.0. The zero-order valence-electron chi connectivity index (χ0n) is 20.7. The smallest absolute Gasteiger partial charge is 0.198 e. The highest BCUT2D eigenvalue weighted by Gasteiger charge is 2.40. The molecule has 0 bridgehead atoms. The summed E-state index contributed by atoms with van der Waals surface area (Å²) < 4.78 is 34.3. The van der Waals surface area contributed by atoms with Gasteiger partial charge in [-0.3, -0.25) is 9.69 Å². The van der Waals surface area contributed by atoms with E-state index >= 15 is 0 Å². The number of hydrogen-bond donors (Lipinski definition) is 0. The van der Waals surface area contributed by atoms with Gasteiger partial charge in [0.25, 0.3) is 0 Å². The molecule has 5 nitrogen and oxygen atoms in total. The zero-order chi connectivity index (χ0) is 26.8. The van der Waals surface area contributed by atoms with Crippen LogP contribution in [0, 0.1) is 18.6 Å². The molecule has 8 heteroatoms. The highest BCUT2D eigenvalue weighted by atomic mass is 35.5. The van der Waals surface area contributed by atoms with E-state index < -0.39 is 12.0 Å². The Morgan fingerprint density at radius 2 is 1.63 bits per heavy atom.